The van der Waals surface area contributed by atoms with Crippen molar-refractivity contribution in [2.45, 2.75) is 26.7 Å². The molecule has 0 saturated heterocycles. The van der Waals surface area contributed by atoms with Crippen LogP contribution >= 0.6 is 0 Å². The lowest BCUT2D eigenvalue weighted by Gasteiger charge is -2.18. The number of fused-ring (bicyclic) bond motifs is 1. The van der Waals surface area contributed by atoms with Crippen LogP contribution in [0.25, 0.3) is 0 Å². The van der Waals surface area contributed by atoms with E-state index in [2.05, 4.69) is 24.2 Å². The summed E-state index contributed by atoms with van der Waals surface area (Å²) in [5, 5.41) is 3.20. The van der Waals surface area contributed by atoms with E-state index < -0.39 is 0 Å². The van der Waals surface area contributed by atoms with Crippen LogP contribution in [0.1, 0.15) is 42.6 Å². The Morgan fingerprint density at radius 2 is 1.84 bits per heavy atom. The number of nitrogens with one attached hydrogen (secondary N) is 1. The van der Waals surface area contributed by atoms with Crippen molar-refractivity contribution in [2.24, 2.45) is 4.99 Å². The molecule has 3 nitrogen and oxygen atoms in total. The number of aliphatic imine (C=N–C) groups is 1. The zero-order valence-electron chi connectivity index (χ0n) is 11.6. The van der Waals surface area contributed by atoms with Crippen molar-refractivity contribution in [3.05, 3.63) is 47.2 Å². The molecule has 1 N–H and O–H groups in total. The molecule has 0 radical (unpaired) electrons. The van der Waals surface area contributed by atoms with Crippen molar-refractivity contribution in [2.75, 3.05) is 13.1 Å². The summed E-state index contributed by atoms with van der Waals surface area (Å²) in [7, 11) is 0. The number of nitrogens with zero attached hydrogens (tertiary/aromatic N) is 1. The van der Waals surface area contributed by atoms with E-state index in [1.807, 2.05) is 30.3 Å². The Labute approximate surface area is 114 Å². The van der Waals surface area contributed by atoms with Gasteiger partial charge in [0.2, 0.25) is 5.78 Å². The number of rotatable bonds is 5. The first-order chi connectivity index (χ1) is 9.27. The van der Waals surface area contributed by atoms with E-state index in [4.69, 9.17) is 0 Å². The maximum absolute atomic E-state index is 12.4. The lowest BCUT2D eigenvalue weighted by atomic mass is 9.92. The maximum atomic E-state index is 12.4. The molecule has 0 aromatic heterocycles. The number of carbonyl (C=O) groups excluding carboxylic acids is 1. The number of hydrogen-bond acceptors (Lipinski definition) is 3. The molecular weight excluding hydrogens is 236 g/mol. The van der Waals surface area contributed by atoms with E-state index in [9.17, 15) is 4.79 Å². The van der Waals surface area contributed by atoms with Gasteiger partial charge in [0.1, 0.15) is 0 Å². The molecule has 0 aliphatic heterocycles. The molecule has 2 rings (SSSR count). The fraction of sp³-hybridized carbons (Fsp3) is 0.375. The molecule has 1 aliphatic rings. The zero-order valence-corrected chi connectivity index (χ0v) is 11.6. The second-order valence-corrected chi connectivity index (χ2v) is 4.63. The fourth-order valence-electron chi connectivity index (χ4n) is 2.08. The van der Waals surface area contributed by atoms with E-state index in [1.54, 1.807) is 0 Å². The average Bonchev–Trinajstić information content (AvgIpc) is 2.45. The molecule has 100 valence electrons. The summed E-state index contributed by atoms with van der Waals surface area (Å²) in [5.41, 5.74) is 3.27. The Morgan fingerprint density at radius 1 is 1.11 bits per heavy atom. The predicted octanol–water partition coefficient (Wildman–Crippen LogP) is 2.97. The van der Waals surface area contributed by atoms with E-state index in [1.165, 1.54) is 0 Å². The monoisotopic (exact) mass is 256 g/mol. The van der Waals surface area contributed by atoms with Crippen molar-refractivity contribution in [3.8, 4) is 0 Å². The minimum Gasteiger partial charge on any atom is -0.382 e. The number of ketones is 1. The topological polar surface area (TPSA) is 41.5 Å². The fourth-order valence-corrected chi connectivity index (χ4v) is 2.08. The molecule has 0 amide bonds. The predicted molar refractivity (Wildman–Crippen MR) is 78.8 cm³/mol. The van der Waals surface area contributed by atoms with Gasteiger partial charge in [-0.1, -0.05) is 38.1 Å². The third-order valence-electron chi connectivity index (χ3n) is 3.04. The first kappa shape index (κ1) is 13.5. The van der Waals surface area contributed by atoms with Crippen LogP contribution in [0, 0.1) is 0 Å². The molecule has 1 aromatic carbocycles. The van der Waals surface area contributed by atoms with Gasteiger partial charge in [0.25, 0.3) is 0 Å². The lowest BCUT2D eigenvalue weighted by molar-refractivity contribution is 0.102. The van der Waals surface area contributed by atoms with Crippen molar-refractivity contribution in [3.63, 3.8) is 0 Å². The Morgan fingerprint density at radius 3 is 2.53 bits per heavy atom. The normalized spacial score (nSPS) is 16.2. The highest BCUT2D eigenvalue weighted by molar-refractivity contribution is 6.25. The Kier molecular flexibility index (Phi) is 4.50. The summed E-state index contributed by atoms with van der Waals surface area (Å²) in [5.74, 6) is 0.0690. The number of carbonyl (C=O) groups is 1. The third kappa shape index (κ3) is 2.92. The largest absolute Gasteiger partial charge is 0.382 e. The number of hydrogen-bond donors (Lipinski definition) is 1. The second-order valence-electron chi connectivity index (χ2n) is 4.63. The highest BCUT2D eigenvalue weighted by atomic mass is 16.1. The quantitative estimate of drug-likeness (QED) is 0.880. The minimum absolute atomic E-state index is 0.0690. The summed E-state index contributed by atoms with van der Waals surface area (Å²) >= 11 is 0. The molecule has 0 atom stereocenters. The van der Waals surface area contributed by atoms with Gasteiger partial charge >= 0.3 is 0 Å². The average molecular weight is 256 g/mol. The molecule has 0 unspecified atom stereocenters. The highest BCUT2D eigenvalue weighted by Gasteiger charge is 2.23. The first-order valence-electron chi connectivity index (χ1n) is 6.92. The van der Waals surface area contributed by atoms with E-state index in [-0.39, 0.29) is 5.78 Å². The van der Waals surface area contributed by atoms with Gasteiger partial charge in [-0.3, -0.25) is 9.79 Å². The SMILES string of the molecule is CCCN=C1C=C(NCCC)C(=O)c2ccccc21. The lowest BCUT2D eigenvalue weighted by Crippen LogP contribution is -2.27. The number of allylic oxidation sites excluding steroid dienone is 2. The second kappa shape index (κ2) is 6.32. The third-order valence-corrected chi connectivity index (χ3v) is 3.04. The Balaban J connectivity index is 2.39. The van der Waals surface area contributed by atoms with Gasteiger partial charge in [-0.25, -0.2) is 0 Å². The van der Waals surface area contributed by atoms with E-state index >= 15 is 0 Å². The van der Waals surface area contributed by atoms with Crippen LogP contribution in [0.3, 0.4) is 0 Å². The van der Waals surface area contributed by atoms with Crippen molar-refractivity contribution in [1.82, 2.24) is 5.32 Å². The van der Waals surface area contributed by atoms with E-state index in [0.29, 0.717) is 5.70 Å². The molecule has 0 heterocycles. The summed E-state index contributed by atoms with van der Waals surface area (Å²) in [6.07, 6.45) is 3.88. The Hall–Kier alpha value is -1.90. The molecule has 0 bridgehead atoms. The smallest absolute Gasteiger partial charge is 0.209 e. The van der Waals surface area contributed by atoms with Crippen molar-refractivity contribution >= 4 is 11.5 Å². The van der Waals surface area contributed by atoms with Gasteiger partial charge in [0, 0.05) is 24.2 Å². The van der Waals surface area contributed by atoms with Gasteiger partial charge in [0.05, 0.1) is 11.4 Å². The van der Waals surface area contributed by atoms with E-state index in [0.717, 1.165) is 42.8 Å². The van der Waals surface area contributed by atoms with Crippen LogP contribution in [0.4, 0.5) is 0 Å². The molecular formula is C16H20N2O. The minimum atomic E-state index is 0.0690. The van der Waals surface area contributed by atoms with Crippen LogP contribution in [-0.4, -0.2) is 24.6 Å². The summed E-state index contributed by atoms with van der Waals surface area (Å²) in [6.45, 7) is 5.78. The summed E-state index contributed by atoms with van der Waals surface area (Å²) in [4.78, 5) is 16.9. The first-order valence-corrected chi connectivity index (χ1v) is 6.92. The van der Waals surface area contributed by atoms with Crippen LogP contribution in [0.2, 0.25) is 0 Å². The zero-order chi connectivity index (χ0) is 13.7. The Bertz CT molecular complexity index is 529. The van der Waals surface area contributed by atoms with Crippen molar-refractivity contribution < 1.29 is 4.79 Å². The maximum Gasteiger partial charge on any atom is 0.209 e. The molecule has 0 fully saturated rings. The molecule has 0 saturated carbocycles. The van der Waals surface area contributed by atoms with Crippen LogP contribution in [0.5, 0.6) is 0 Å². The molecule has 1 aromatic rings. The van der Waals surface area contributed by atoms with Gasteiger partial charge in [0.15, 0.2) is 0 Å². The van der Waals surface area contributed by atoms with Gasteiger partial charge < -0.3 is 5.32 Å². The standard InChI is InChI=1S/C16H20N2O/c1-3-9-17-14-11-15(18-10-4-2)16(19)13-8-6-5-7-12(13)14/h5-8,11,18H,3-4,9-10H2,1-2H3. The summed E-state index contributed by atoms with van der Waals surface area (Å²) in [6, 6.07) is 7.69. The van der Waals surface area contributed by atoms with Gasteiger partial charge in [-0.05, 0) is 18.9 Å². The number of benzene rings is 1. The number of Topliss-reactive ketones (excluding diaryl/α,β-unsaturated/α-hetero) is 1. The molecule has 1 aliphatic carbocycles. The van der Waals surface area contributed by atoms with Crippen LogP contribution < -0.4 is 5.32 Å². The van der Waals surface area contributed by atoms with Crippen LogP contribution in [0.15, 0.2) is 41.0 Å². The van der Waals surface area contributed by atoms with Crippen LogP contribution in [-0.2, 0) is 0 Å². The summed E-state index contributed by atoms with van der Waals surface area (Å²) < 4.78 is 0. The highest BCUT2D eigenvalue weighted by Crippen LogP contribution is 2.20. The van der Waals surface area contributed by atoms with Gasteiger partial charge in [-0.2, -0.15) is 0 Å². The van der Waals surface area contributed by atoms with Gasteiger partial charge in [-0.15, -0.1) is 0 Å². The molecule has 0 spiro atoms. The molecule has 19 heavy (non-hydrogen) atoms. The molecule has 3 heteroatoms. The van der Waals surface area contributed by atoms with Crippen molar-refractivity contribution in [1.29, 1.82) is 0 Å².